The summed E-state index contributed by atoms with van der Waals surface area (Å²) in [4.78, 5) is 39.7. The Morgan fingerprint density at radius 1 is 1.05 bits per heavy atom. The smallest absolute Gasteiger partial charge is 0.312 e. The van der Waals surface area contributed by atoms with Gasteiger partial charge in [-0.3, -0.25) is 14.4 Å². The predicted molar refractivity (Wildman–Crippen MR) is 70.4 cm³/mol. The molecule has 1 aliphatic heterocycles. The Bertz CT molecular complexity index is 349. The number of piperazine rings is 1. The molecule has 7 nitrogen and oxygen atoms in total. The Hall–Kier alpha value is -1.63. The number of carbonyl (C=O) groups is 3. The molecule has 0 bridgehead atoms. The monoisotopic (exact) mass is 270 g/mol. The van der Waals surface area contributed by atoms with E-state index in [9.17, 15) is 14.4 Å². The summed E-state index contributed by atoms with van der Waals surface area (Å²) >= 11 is 0. The third-order valence-electron chi connectivity index (χ3n) is 3.05. The fourth-order valence-corrected chi connectivity index (χ4v) is 1.84. The van der Waals surface area contributed by atoms with Crippen molar-refractivity contribution < 1.29 is 14.4 Å². The molecular weight excluding hydrogens is 248 g/mol. The standard InChI is InChI=1S/C12H22N4O3/c1-10(17)15-6-8-16(9-7-15)12(19)11(18)13-4-5-14(2)3/h4-9H2,1-3H3,(H,13,18). The van der Waals surface area contributed by atoms with Gasteiger partial charge in [-0.25, -0.2) is 0 Å². The van der Waals surface area contributed by atoms with E-state index < -0.39 is 11.8 Å². The van der Waals surface area contributed by atoms with Crippen molar-refractivity contribution in [3.05, 3.63) is 0 Å². The Kier molecular flexibility index (Phi) is 5.75. The van der Waals surface area contributed by atoms with Crippen LogP contribution in [0.1, 0.15) is 6.92 Å². The van der Waals surface area contributed by atoms with Gasteiger partial charge < -0.3 is 20.0 Å². The van der Waals surface area contributed by atoms with E-state index in [1.807, 2.05) is 19.0 Å². The molecule has 1 aliphatic rings. The molecule has 1 fully saturated rings. The molecule has 0 spiro atoms. The number of hydrogen-bond donors (Lipinski definition) is 1. The van der Waals surface area contributed by atoms with E-state index in [2.05, 4.69) is 5.32 Å². The lowest BCUT2D eigenvalue weighted by Crippen LogP contribution is -2.53. The lowest BCUT2D eigenvalue weighted by molar-refractivity contribution is -0.148. The van der Waals surface area contributed by atoms with E-state index in [0.29, 0.717) is 39.3 Å². The second kappa shape index (κ2) is 7.08. The van der Waals surface area contributed by atoms with Crippen LogP contribution >= 0.6 is 0 Å². The van der Waals surface area contributed by atoms with Crippen LogP contribution in [-0.2, 0) is 14.4 Å². The summed E-state index contributed by atoms with van der Waals surface area (Å²) in [6.45, 7) is 4.46. The summed E-state index contributed by atoms with van der Waals surface area (Å²) in [6.07, 6.45) is 0. The lowest BCUT2D eigenvalue weighted by atomic mass is 10.3. The number of likely N-dealkylation sites (N-methyl/N-ethyl adjacent to an activating group) is 1. The molecule has 3 amide bonds. The van der Waals surface area contributed by atoms with Crippen LogP contribution in [0.3, 0.4) is 0 Å². The zero-order valence-corrected chi connectivity index (χ0v) is 11.8. The number of nitrogens with zero attached hydrogens (tertiary/aromatic N) is 3. The Labute approximate surface area is 113 Å². The van der Waals surface area contributed by atoms with Crippen molar-refractivity contribution in [3.8, 4) is 0 Å². The summed E-state index contributed by atoms with van der Waals surface area (Å²) in [6, 6.07) is 0. The molecule has 108 valence electrons. The average Bonchev–Trinajstić information content (AvgIpc) is 2.37. The minimum absolute atomic E-state index is 0.00235. The SMILES string of the molecule is CC(=O)N1CCN(C(=O)C(=O)NCCN(C)C)CC1. The van der Waals surface area contributed by atoms with Gasteiger partial charge in [-0.1, -0.05) is 0 Å². The zero-order chi connectivity index (χ0) is 14.4. The average molecular weight is 270 g/mol. The van der Waals surface area contributed by atoms with E-state index in [4.69, 9.17) is 0 Å². The highest BCUT2D eigenvalue weighted by Gasteiger charge is 2.26. The molecule has 1 heterocycles. The van der Waals surface area contributed by atoms with Crippen LogP contribution in [-0.4, -0.2) is 85.8 Å². The van der Waals surface area contributed by atoms with Crippen molar-refractivity contribution in [2.24, 2.45) is 0 Å². The van der Waals surface area contributed by atoms with Gasteiger partial charge in [0.25, 0.3) is 0 Å². The molecule has 0 saturated carbocycles. The van der Waals surface area contributed by atoms with Crippen molar-refractivity contribution in [1.82, 2.24) is 20.0 Å². The van der Waals surface area contributed by atoms with Crippen molar-refractivity contribution >= 4 is 17.7 Å². The first-order chi connectivity index (χ1) is 8.91. The molecule has 1 N–H and O–H groups in total. The van der Waals surface area contributed by atoms with E-state index >= 15 is 0 Å². The first-order valence-corrected chi connectivity index (χ1v) is 6.39. The van der Waals surface area contributed by atoms with Crippen molar-refractivity contribution in [2.45, 2.75) is 6.92 Å². The molecule has 0 aromatic heterocycles. The van der Waals surface area contributed by atoms with E-state index in [-0.39, 0.29) is 5.91 Å². The van der Waals surface area contributed by atoms with Crippen LogP contribution in [0.15, 0.2) is 0 Å². The molecule has 0 atom stereocenters. The Morgan fingerprint density at radius 3 is 2.05 bits per heavy atom. The highest BCUT2D eigenvalue weighted by atomic mass is 16.2. The van der Waals surface area contributed by atoms with Crippen molar-refractivity contribution in [2.75, 3.05) is 53.4 Å². The second-order valence-corrected chi connectivity index (χ2v) is 4.86. The summed E-state index contributed by atoms with van der Waals surface area (Å²) in [7, 11) is 3.80. The number of rotatable bonds is 3. The predicted octanol–water partition coefficient (Wildman–Crippen LogP) is -1.65. The quantitative estimate of drug-likeness (QED) is 0.624. The van der Waals surface area contributed by atoms with Gasteiger partial charge in [0.15, 0.2) is 0 Å². The van der Waals surface area contributed by atoms with Crippen LogP contribution in [0.25, 0.3) is 0 Å². The van der Waals surface area contributed by atoms with Crippen molar-refractivity contribution in [1.29, 1.82) is 0 Å². The maximum atomic E-state index is 11.8. The Balaban J connectivity index is 2.34. The fraction of sp³-hybridized carbons (Fsp3) is 0.750. The number of nitrogens with one attached hydrogen (secondary N) is 1. The van der Waals surface area contributed by atoms with Gasteiger partial charge in [0.2, 0.25) is 5.91 Å². The molecule has 0 aromatic rings. The van der Waals surface area contributed by atoms with Crippen LogP contribution in [0.2, 0.25) is 0 Å². The van der Waals surface area contributed by atoms with Crippen LogP contribution < -0.4 is 5.32 Å². The molecule has 1 saturated heterocycles. The molecule has 0 aliphatic carbocycles. The van der Waals surface area contributed by atoms with Crippen LogP contribution in [0.4, 0.5) is 0 Å². The minimum atomic E-state index is -0.571. The highest BCUT2D eigenvalue weighted by Crippen LogP contribution is 2.02. The Morgan fingerprint density at radius 2 is 1.58 bits per heavy atom. The van der Waals surface area contributed by atoms with Gasteiger partial charge >= 0.3 is 11.8 Å². The molecule has 0 unspecified atom stereocenters. The highest BCUT2D eigenvalue weighted by molar-refractivity contribution is 6.35. The zero-order valence-electron chi connectivity index (χ0n) is 11.8. The lowest BCUT2D eigenvalue weighted by Gasteiger charge is -2.33. The number of carbonyl (C=O) groups excluding carboxylic acids is 3. The summed E-state index contributed by atoms with van der Waals surface area (Å²) in [5.74, 6) is -1.08. The van der Waals surface area contributed by atoms with Gasteiger partial charge in [0.05, 0.1) is 0 Å². The third-order valence-corrected chi connectivity index (χ3v) is 3.05. The van der Waals surface area contributed by atoms with Crippen molar-refractivity contribution in [3.63, 3.8) is 0 Å². The van der Waals surface area contributed by atoms with E-state index in [1.165, 1.54) is 11.8 Å². The summed E-state index contributed by atoms with van der Waals surface area (Å²) < 4.78 is 0. The van der Waals surface area contributed by atoms with Gasteiger partial charge in [-0.05, 0) is 14.1 Å². The molecule has 19 heavy (non-hydrogen) atoms. The van der Waals surface area contributed by atoms with Gasteiger partial charge in [-0.15, -0.1) is 0 Å². The summed E-state index contributed by atoms with van der Waals surface area (Å²) in [5, 5.41) is 2.59. The first-order valence-electron chi connectivity index (χ1n) is 6.39. The molecule has 7 heteroatoms. The van der Waals surface area contributed by atoms with Gasteiger partial charge in [-0.2, -0.15) is 0 Å². The minimum Gasteiger partial charge on any atom is -0.347 e. The first kappa shape index (κ1) is 15.4. The third kappa shape index (κ3) is 4.86. The maximum Gasteiger partial charge on any atom is 0.312 e. The normalized spacial score (nSPS) is 15.6. The van der Waals surface area contributed by atoms with E-state index in [0.717, 1.165) is 0 Å². The van der Waals surface area contributed by atoms with Crippen LogP contribution in [0, 0.1) is 0 Å². The van der Waals surface area contributed by atoms with Gasteiger partial charge in [0, 0.05) is 46.2 Å². The summed E-state index contributed by atoms with van der Waals surface area (Å²) in [5.41, 5.74) is 0. The van der Waals surface area contributed by atoms with Crippen LogP contribution in [0.5, 0.6) is 0 Å². The molecular formula is C12H22N4O3. The van der Waals surface area contributed by atoms with Gasteiger partial charge in [0.1, 0.15) is 0 Å². The largest absolute Gasteiger partial charge is 0.347 e. The number of amides is 3. The second-order valence-electron chi connectivity index (χ2n) is 4.86. The maximum absolute atomic E-state index is 11.8. The fourth-order valence-electron chi connectivity index (χ4n) is 1.84. The topological polar surface area (TPSA) is 73.0 Å². The van der Waals surface area contributed by atoms with E-state index in [1.54, 1.807) is 4.90 Å². The number of hydrogen-bond acceptors (Lipinski definition) is 4. The molecule has 1 rings (SSSR count). The molecule has 0 radical (unpaired) electrons. The molecule has 0 aromatic carbocycles.